The van der Waals surface area contributed by atoms with Crippen LogP contribution in [0, 0.1) is 0 Å². The molecule has 4 rings (SSSR count). The first kappa shape index (κ1) is 18.8. The molecule has 0 radical (unpaired) electrons. The molecule has 2 saturated heterocycles. The fourth-order valence-corrected chi connectivity index (χ4v) is 3.91. The number of carbonyl (C=O) groups excluding carboxylic acids is 1. The fourth-order valence-electron chi connectivity index (χ4n) is 3.91. The summed E-state index contributed by atoms with van der Waals surface area (Å²) in [6.45, 7) is 2.35. The van der Waals surface area contributed by atoms with Crippen LogP contribution in [0.25, 0.3) is 0 Å². The van der Waals surface area contributed by atoms with E-state index in [1.54, 1.807) is 29.3 Å². The van der Waals surface area contributed by atoms with Crippen LogP contribution in [0.5, 0.6) is 0 Å². The Morgan fingerprint density at radius 2 is 2.14 bits per heavy atom. The lowest BCUT2D eigenvalue weighted by molar-refractivity contribution is -0.235. The summed E-state index contributed by atoms with van der Waals surface area (Å²) in [6, 6.07) is 9.67. The Morgan fingerprint density at radius 1 is 1.39 bits per heavy atom. The minimum atomic E-state index is -0.787. The van der Waals surface area contributed by atoms with Crippen LogP contribution in [0.15, 0.2) is 47.4 Å². The number of nitrogens with zero attached hydrogens (tertiary/aromatic N) is 3. The number of aromatic nitrogens is 2. The van der Waals surface area contributed by atoms with Gasteiger partial charge in [0.25, 0.3) is 5.91 Å². The summed E-state index contributed by atoms with van der Waals surface area (Å²) in [5.74, 6) is -0.208. The molecule has 0 spiro atoms. The number of carbonyl (C=O) groups is 1. The van der Waals surface area contributed by atoms with Gasteiger partial charge in [-0.2, -0.15) is 10.0 Å². The molecule has 148 valence electrons. The predicted octanol–water partition coefficient (Wildman–Crippen LogP) is 0.780. The summed E-state index contributed by atoms with van der Waals surface area (Å²) in [7, 11) is 1.52. The van der Waals surface area contributed by atoms with Crippen LogP contribution in [-0.4, -0.2) is 57.0 Å². The van der Waals surface area contributed by atoms with E-state index in [1.165, 1.54) is 23.9 Å². The maximum atomic E-state index is 12.6. The Morgan fingerprint density at radius 3 is 2.75 bits per heavy atom. The van der Waals surface area contributed by atoms with Gasteiger partial charge < -0.3 is 20.0 Å². The third-order valence-corrected chi connectivity index (χ3v) is 5.48. The Bertz CT molecular complexity index is 933. The highest BCUT2D eigenvalue weighted by atomic mass is 16.7. The van der Waals surface area contributed by atoms with Crippen LogP contribution < -0.4 is 11.0 Å². The highest BCUT2D eigenvalue weighted by Gasteiger charge is 2.63. The van der Waals surface area contributed by atoms with Gasteiger partial charge in [0.15, 0.2) is 6.23 Å². The molecule has 1 aromatic carbocycles. The zero-order valence-electron chi connectivity index (χ0n) is 15.6. The van der Waals surface area contributed by atoms with Crippen molar-refractivity contribution in [3.05, 3.63) is 58.6 Å². The number of nitrogens with one attached hydrogen (secondary N) is 1. The minimum absolute atomic E-state index is 0.146. The summed E-state index contributed by atoms with van der Waals surface area (Å²) in [5, 5.41) is 14.9. The van der Waals surface area contributed by atoms with Gasteiger partial charge in [0.1, 0.15) is 23.6 Å². The number of ether oxygens (including phenoxy) is 1. The first-order valence-electron chi connectivity index (χ1n) is 9.11. The Balaban J connectivity index is 1.57. The van der Waals surface area contributed by atoms with Gasteiger partial charge in [-0.05, 0) is 24.6 Å². The van der Waals surface area contributed by atoms with Crippen molar-refractivity contribution in [3.8, 4) is 0 Å². The summed E-state index contributed by atoms with van der Waals surface area (Å²) in [4.78, 5) is 34.1. The molecule has 2 bridgehead atoms. The molecule has 1 aromatic heterocycles. The van der Waals surface area contributed by atoms with E-state index in [0.717, 1.165) is 0 Å². The molecule has 9 nitrogen and oxygen atoms in total. The molecular weight excluding hydrogens is 364 g/mol. The topological polar surface area (TPSA) is 106 Å². The van der Waals surface area contributed by atoms with E-state index in [0.29, 0.717) is 18.5 Å². The van der Waals surface area contributed by atoms with E-state index in [9.17, 15) is 14.7 Å². The number of fused-ring (bicyclic) bond motifs is 2. The van der Waals surface area contributed by atoms with Gasteiger partial charge in [0.05, 0.1) is 13.7 Å². The molecule has 0 aliphatic carbocycles. The van der Waals surface area contributed by atoms with Gasteiger partial charge in [-0.25, -0.2) is 4.79 Å². The molecule has 2 fully saturated rings. The van der Waals surface area contributed by atoms with Crippen molar-refractivity contribution < 1.29 is 19.5 Å². The van der Waals surface area contributed by atoms with Crippen molar-refractivity contribution in [3.63, 3.8) is 0 Å². The molecule has 2 aromatic rings. The van der Waals surface area contributed by atoms with Gasteiger partial charge >= 0.3 is 5.69 Å². The first-order valence-corrected chi connectivity index (χ1v) is 9.11. The van der Waals surface area contributed by atoms with E-state index >= 15 is 0 Å². The first-order chi connectivity index (χ1) is 13.5. The van der Waals surface area contributed by atoms with Crippen molar-refractivity contribution in [2.45, 2.75) is 37.3 Å². The van der Waals surface area contributed by atoms with Crippen molar-refractivity contribution in [1.82, 2.24) is 14.6 Å². The lowest BCUT2D eigenvalue weighted by Crippen LogP contribution is -2.47. The second-order valence-corrected chi connectivity index (χ2v) is 6.94. The summed E-state index contributed by atoms with van der Waals surface area (Å²) in [6.07, 6.45) is 0.564. The number of hydrogen-bond donors (Lipinski definition) is 2. The van der Waals surface area contributed by atoms with E-state index in [-0.39, 0.29) is 11.7 Å². The Labute approximate surface area is 161 Å². The third kappa shape index (κ3) is 2.92. The zero-order valence-corrected chi connectivity index (χ0v) is 15.6. The van der Waals surface area contributed by atoms with Gasteiger partial charge in [-0.3, -0.25) is 9.36 Å². The number of hydrogen-bond acceptors (Lipinski definition) is 7. The molecule has 0 unspecified atom stereocenters. The van der Waals surface area contributed by atoms with Gasteiger partial charge in [-0.1, -0.05) is 25.1 Å². The highest BCUT2D eigenvalue weighted by molar-refractivity contribution is 6.03. The normalized spacial score (nSPS) is 29.2. The van der Waals surface area contributed by atoms with E-state index in [1.807, 2.05) is 13.0 Å². The third-order valence-electron chi connectivity index (χ3n) is 5.48. The SMILES string of the molecule is CC[C@]12CN(OC)[C@H]([C@H](n3ccc(NC(=O)c4ccccc4)nc3=O)O1)[C@H]2O. The lowest BCUT2D eigenvalue weighted by Gasteiger charge is -2.35. The molecule has 28 heavy (non-hydrogen) atoms. The monoisotopic (exact) mass is 386 g/mol. The molecular formula is C19H22N4O5. The predicted molar refractivity (Wildman–Crippen MR) is 99.5 cm³/mol. The summed E-state index contributed by atoms with van der Waals surface area (Å²) < 4.78 is 7.38. The minimum Gasteiger partial charge on any atom is -0.388 e. The van der Waals surface area contributed by atoms with E-state index in [4.69, 9.17) is 9.57 Å². The number of aliphatic hydroxyl groups excluding tert-OH is 1. The smallest absolute Gasteiger partial charge is 0.351 e. The highest BCUT2D eigenvalue weighted by Crippen LogP contribution is 2.47. The van der Waals surface area contributed by atoms with Crippen molar-refractivity contribution in [2.75, 3.05) is 19.0 Å². The number of aliphatic hydroxyl groups is 1. The van der Waals surface area contributed by atoms with Crippen molar-refractivity contribution >= 4 is 11.7 Å². The summed E-state index contributed by atoms with van der Waals surface area (Å²) >= 11 is 0. The van der Waals surface area contributed by atoms with E-state index < -0.39 is 29.7 Å². The molecule has 2 N–H and O–H groups in total. The zero-order chi connectivity index (χ0) is 19.9. The number of anilines is 1. The molecule has 3 heterocycles. The average Bonchev–Trinajstić information content (AvgIpc) is 3.16. The average molecular weight is 386 g/mol. The summed E-state index contributed by atoms with van der Waals surface area (Å²) in [5.41, 5.74) is -0.906. The van der Waals surface area contributed by atoms with E-state index in [2.05, 4.69) is 10.3 Å². The van der Waals surface area contributed by atoms with Gasteiger partial charge in [0.2, 0.25) is 0 Å². The van der Waals surface area contributed by atoms with Crippen LogP contribution in [-0.2, 0) is 9.57 Å². The van der Waals surface area contributed by atoms with Gasteiger partial charge in [0, 0.05) is 11.8 Å². The molecule has 9 heteroatoms. The Kier molecular flexibility index (Phi) is 4.76. The van der Waals surface area contributed by atoms with Gasteiger partial charge in [-0.15, -0.1) is 0 Å². The second kappa shape index (κ2) is 7.10. The second-order valence-electron chi connectivity index (χ2n) is 6.94. The number of rotatable bonds is 5. The molecule has 2 aliphatic rings. The molecule has 1 amide bonds. The molecule has 4 atom stereocenters. The standard InChI is InChI=1S/C19H22N4O5/c1-3-19-11-23(27-2)14(15(19)24)17(28-19)22-10-9-13(21-18(22)26)20-16(25)12-7-5-4-6-8-12/h4-10,14-15,17,24H,3,11H2,1-2H3,(H,20,21,25,26)/t14-,15+,17+,19+/m0/s1. The largest absolute Gasteiger partial charge is 0.388 e. The number of hydroxylamine groups is 2. The fraction of sp³-hybridized carbons (Fsp3) is 0.421. The Hall–Kier alpha value is -2.59. The molecule has 2 aliphatic heterocycles. The van der Waals surface area contributed by atoms with Crippen molar-refractivity contribution in [2.24, 2.45) is 0 Å². The van der Waals surface area contributed by atoms with Crippen LogP contribution in [0.3, 0.4) is 0 Å². The van der Waals surface area contributed by atoms with Crippen LogP contribution >= 0.6 is 0 Å². The maximum Gasteiger partial charge on any atom is 0.351 e. The van der Waals surface area contributed by atoms with Crippen molar-refractivity contribution in [1.29, 1.82) is 0 Å². The number of benzene rings is 1. The van der Waals surface area contributed by atoms with Crippen LogP contribution in [0.1, 0.15) is 29.9 Å². The maximum absolute atomic E-state index is 12.6. The number of morpholine rings is 1. The quantitative estimate of drug-likeness (QED) is 0.782. The number of amides is 1. The molecule has 0 saturated carbocycles. The van der Waals surface area contributed by atoms with Crippen LogP contribution in [0.4, 0.5) is 5.82 Å². The lowest BCUT2D eigenvalue weighted by atomic mass is 9.96. The van der Waals surface area contributed by atoms with Crippen LogP contribution in [0.2, 0.25) is 0 Å².